The van der Waals surface area contributed by atoms with Gasteiger partial charge in [-0.2, -0.15) is 0 Å². The summed E-state index contributed by atoms with van der Waals surface area (Å²) in [5, 5.41) is 3.60. The molecule has 0 aromatic heterocycles. The molecule has 1 aromatic rings. The molecule has 0 aliphatic heterocycles. The van der Waals surface area contributed by atoms with Gasteiger partial charge in [-0.3, -0.25) is 0 Å². The minimum Gasteiger partial charge on any atom is -0.444 e. The summed E-state index contributed by atoms with van der Waals surface area (Å²) in [6.07, 6.45) is 1.45. The third-order valence-corrected chi connectivity index (χ3v) is 2.79. The standard InChI is InChI=1S/C15H22ClNO2/c1-5-6-13(11-7-9-12(16)10-8-11)17-14(18)19-15(2,3)4/h7-10,13H,5-6H2,1-4H3,(H,17,18). The summed E-state index contributed by atoms with van der Waals surface area (Å²) in [4.78, 5) is 11.8. The van der Waals surface area contributed by atoms with E-state index in [1.54, 1.807) is 0 Å². The van der Waals surface area contributed by atoms with Crippen molar-refractivity contribution in [1.82, 2.24) is 5.32 Å². The van der Waals surface area contributed by atoms with Crippen molar-refractivity contribution in [3.8, 4) is 0 Å². The van der Waals surface area contributed by atoms with E-state index in [4.69, 9.17) is 16.3 Å². The SMILES string of the molecule is CCCC(NC(=O)OC(C)(C)C)c1ccc(Cl)cc1. The topological polar surface area (TPSA) is 38.3 Å². The van der Waals surface area contributed by atoms with Gasteiger partial charge in [-0.25, -0.2) is 4.79 Å². The Labute approximate surface area is 120 Å². The Morgan fingerprint density at radius 3 is 2.37 bits per heavy atom. The van der Waals surface area contributed by atoms with Crippen molar-refractivity contribution in [2.24, 2.45) is 0 Å². The van der Waals surface area contributed by atoms with Crippen LogP contribution in [-0.2, 0) is 4.74 Å². The second-order valence-corrected chi connectivity index (χ2v) is 5.98. The van der Waals surface area contributed by atoms with Crippen LogP contribution in [0.2, 0.25) is 5.02 Å². The highest BCUT2D eigenvalue weighted by atomic mass is 35.5. The number of hydrogen-bond acceptors (Lipinski definition) is 2. The zero-order valence-electron chi connectivity index (χ0n) is 12.0. The molecule has 0 fully saturated rings. The number of rotatable bonds is 4. The molecule has 0 spiro atoms. The minimum absolute atomic E-state index is 0.0443. The molecule has 0 radical (unpaired) electrons. The van der Waals surface area contributed by atoms with Gasteiger partial charge in [-0.05, 0) is 44.9 Å². The molecule has 106 valence electrons. The van der Waals surface area contributed by atoms with Gasteiger partial charge < -0.3 is 10.1 Å². The van der Waals surface area contributed by atoms with Gasteiger partial charge in [0.15, 0.2) is 0 Å². The van der Waals surface area contributed by atoms with Crippen LogP contribution in [0.15, 0.2) is 24.3 Å². The van der Waals surface area contributed by atoms with Crippen LogP contribution >= 0.6 is 11.6 Å². The van der Waals surface area contributed by atoms with Crippen LogP contribution in [0.1, 0.15) is 52.1 Å². The molecule has 0 bridgehead atoms. The lowest BCUT2D eigenvalue weighted by molar-refractivity contribution is 0.0501. The second-order valence-electron chi connectivity index (χ2n) is 5.54. The number of benzene rings is 1. The van der Waals surface area contributed by atoms with Crippen molar-refractivity contribution in [1.29, 1.82) is 0 Å². The van der Waals surface area contributed by atoms with E-state index in [9.17, 15) is 4.79 Å². The van der Waals surface area contributed by atoms with Gasteiger partial charge in [0, 0.05) is 5.02 Å². The van der Waals surface area contributed by atoms with Gasteiger partial charge in [0.05, 0.1) is 6.04 Å². The largest absolute Gasteiger partial charge is 0.444 e. The molecular formula is C15H22ClNO2. The lowest BCUT2D eigenvalue weighted by Crippen LogP contribution is -2.35. The van der Waals surface area contributed by atoms with E-state index in [0.29, 0.717) is 5.02 Å². The molecule has 19 heavy (non-hydrogen) atoms. The molecule has 0 saturated carbocycles. The zero-order valence-corrected chi connectivity index (χ0v) is 12.8. The van der Waals surface area contributed by atoms with Crippen molar-refractivity contribution in [3.05, 3.63) is 34.9 Å². The van der Waals surface area contributed by atoms with E-state index in [1.165, 1.54) is 0 Å². The Kier molecular flexibility index (Phi) is 5.67. The van der Waals surface area contributed by atoms with E-state index in [-0.39, 0.29) is 12.1 Å². The van der Waals surface area contributed by atoms with E-state index in [1.807, 2.05) is 45.0 Å². The normalized spacial score (nSPS) is 12.9. The Bertz CT molecular complexity index is 409. The molecule has 1 unspecified atom stereocenters. The number of carbonyl (C=O) groups is 1. The highest BCUT2D eigenvalue weighted by Crippen LogP contribution is 2.21. The number of alkyl carbamates (subject to hydrolysis) is 1. The van der Waals surface area contributed by atoms with Crippen LogP contribution in [0.4, 0.5) is 4.79 Å². The van der Waals surface area contributed by atoms with E-state index in [2.05, 4.69) is 12.2 Å². The third kappa shape index (κ3) is 5.97. The van der Waals surface area contributed by atoms with E-state index >= 15 is 0 Å². The van der Waals surface area contributed by atoms with Crippen molar-refractivity contribution in [3.63, 3.8) is 0 Å². The fourth-order valence-corrected chi connectivity index (χ4v) is 1.88. The monoisotopic (exact) mass is 283 g/mol. The van der Waals surface area contributed by atoms with Crippen LogP contribution < -0.4 is 5.32 Å². The summed E-state index contributed by atoms with van der Waals surface area (Å²) >= 11 is 5.87. The third-order valence-electron chi connectivity index (χ3n) is 2.54. The van der Waals surface area contributed by atoms with Crippen molar-refractivity contribution < 1.29 is 9.53 Å². The molecule has 1 atom stereocenters. The predicted molar refractivity (Wildman–Crippen MR) is 78.5 cm³/mol. The average Bonchev–Trinajstić information content (AvgIpc) is 2.27. The zero-order chi connectivity index (χ0) is 14.5. The maximum Gasteiger partial charge on any atom is 0.408 e. The summed E-state index contributed by atoms with van der Waals surface area (Å²) in [6, 6.07) is 7.48. The van der Waals surface area contributed by atoms with Crippen LogP contribution in [0.5, 0.6) is 0 Å². The number of carbonyl (C=O) groups excluding carboxylic acids is 1. The molecule has 1 N–H and O–H groups in total. The molecule has 1 amide bonds. The lowest BCUT2D eigenvalue weighted by Gasteiger charge is -2.23. The highest BCUT2D eigenvalue weighted by molar-refractivity contribution is 6.30. The molecule has 0 heterocycles. The number of nitrogens with one attached hydrogen (secondary N) is 1. The van der Waals surface area contributed by atoms with Crippen LogP contribution in [0, 0.1) is 0 Å². The first-order valence-electron chi connectivity index (χ1n) is 6.57. The maximum atomic E-state index is 11.8. The summed E-state index contributed by atoms with van der Waals surface area (Å²) < 4.78 is 5.28. The second kappa shape index (κ2) is 6.80. The molecule has 0 aliphatic carbocycles. The molecule has 0 aliphatic rings. The van der Waals surface area contributed by atoms with Crippen LogP contribution in [0.3, 0.4) is 0 Å². The van der Waals surface area contributed by atoms with Crippen molar-refractivity contribution in [2.45, 2.75) is 52.2 Å². The number of ether oxygens (including phenoxy) is 1. The van der Waals surface area contributed by atoms with Crippen LogP contribution in [0.25, 0.3) is 0 Å². The predicted octanol–water partition coefficient (Wildman–Crippen LogP) is 4.71. The summed E-state index contributed by atoms with van der Waals surface area (Å²) in [5.41, 5.74) is 0.554. The smallest absolute Gasteiger partial charge is 0.408 e. The maximum absolute atomic E-state index is 11.8. The van der Waals surface area contributed by atoms with E-state index in [0.717, 1.165) is 18.4 Å². The number of hydrogen-bond donors (Lipinski definition) is 1. The Morgan fingerprint density at radius 2 is 1.89 bits per heavy atom. The van der Waals surface area contributed by atoms with Gasteiger partial charge in [0.25, 0.3) is 0 Å². The molecule has 3 nitrogen and oxygen atoms in total. The van der Waals surface area contributed by atoms with Gasteiger partial charge in [-0.1, -0.05) is 37.1 Å². The molecule has 1 rings (SSSR count). The highest BCUT2D eigenvalue weighted by Gasteiger charge is 2.20. The van der Waals surface area contributed by atoms with Gasteiger partial charge in [-0.15, -0.1) is 0 Å². The Morgan fingerprint density at radius 1 is 1.32 bits per heavy atom. The fourth-order valence-electron chi connectivity index (χ4n) is 1.76. The first-order valence-corrected chi connectivity index (χ1v) is 6.94. The molecule has 4 heteroatoms. The first kappa shape index (κ1) is 15.8. The first-order chi connectivity index (χ1) is 8.81. The summed E-state index contributed by atoms with van der Waals surface area (Å²) in [7, 11) is 0. The van der Waals surface area contributed by atoms with Gasteiger partial charge >= 0.3 is 6.09 Å². The quantitative estimate of drug-likeness (QED) is 0.869. The number of amides is 1. The Balaban J connectivity index is 2.73. The Hall–Kier alpha value is -1.22. The average molecular weight is 284 g/mol. The molecular weight excluding hydrogens is 262 g/mol. The fraction of sp³-hybridized carbons (Fsp3) is 0.533. The van der Waals surface area contributed by atoms with Gasteiger partial charge in [0.2, 0.25) is 0 Å². The van der Waals surface area contributed by atoms with Crippen molar-refractivity contribution >= 4 is 17.7 Å². The summed E-state index contributed by atoms with van der Waals surface area (Å²) in [5.74, 6) is 0. The summed E-state index contributed by atoms with van der Waals surface area (Å²) in [6.45, 7) is 7.64. The number of halogens is 1. The molecule has 0 saturated heterocycles. The minimum atomic E-state index is -0.485. The van der Waals surface area contributed by atoms with Crippen molar-refractivity contribution in [2.75, 3.05) is 0 Å². The van der Waals surface area contributed by atoms with Crippen LogP contribution in [-0.4, -0.2) is 11.7 Å². The lowest BCUT2D eigenvalue weighted by atomic mass is 10.0. The molecule has 1 aromatic carbocycles. The van der Waals surface area contributed by atoms with Gasteiger partial charge in [0.1, 0.15) is 5.60 Å². The van der Waals surface area contributed by atoms with E-state index < -0.39 is 5.60 Å².